The number of amides is 1. The summed E-state index contributed by atoms with van der Waals surface area (Å²) in [5.74, 6) is 1.18. The van der Waals surface area contributed by atoms with Crippen LogP contribution in [-0.4, -0.2) is 34.4 Å². The van der Waals surface area contributed by atoms with Crippen LogP contribution in [0.2, 0.25) is 0 Å². The molecule has 148 valence electrons. The van der Waals surface area contributed by atoms with E-state index in [9.17, 15) is 4.79 Å². The largest absolute Gasteiger partial charge is 0.496 e. The van der Waals surface area contributed by atoms with E-state index in [1.54, 1.807) is 13.2 Å². The number of nitrogens with one attached hydrogen (secondary N) is 1. The van der Waals surface area contributed by atoms with E-state index in [4.69, 9.17) is 4.74 Å². The summed E-state index contributed by atoms with van der Waals surface area (Å²) in [6, 6.07) is 17.8. The average Bonchev–Trinajstić information content (AvgIpc) is 2.76. The van der Waals surface area contributed by atoms with Crippen molar-refractivity contribution in [3.05, 3.63) is 82.7 Å². The minimum atomic E-state index is -0.0645. The van der Waals surface area contributed by atoms with Crippen LogP contribution in [0.1, 0.15) is 32.9 Å². The molecule has 0 saturated heterocycles. The number of hydrogen-bond acceptors (Lipinski definition) is 5. The van der Waals surface area contributed by atoms with Crippen LogP contribution in [-0.2, 0) is 19.5 Å². The van der Waals surface area contributed by atoms with Crippen LogP contribution in [0, 0.1) is 6.92 Å². The van der Waals surface area contributed by atoms with Gasteiger partial charge in [0.25, 0.3) is 5.91 Å². The normalized spacial score (nSPS) is 13.0. The molecule has 0 bridgehead atoms. The van der Waals surface area contributed by atoms with Crippen LogP contribution < -0.4 is 10.1 Å². The molecule has 2 heterocycles. The molecule has 1 aliphatic heterocycles. The third kappa shape index (κ3) is 4.21. The van der Waals surface area contributed by atoms with Crippen molar-refractivity contribution in [2.45, 2.75) is 26.4 Å². The zero-order chi connectivity index (χ0) is 20.2. The van der Waals surface area contributed by atoms with Crippen molar-refractivity contribution in [2.75, 3.05) is 19.0 Å². The van der Waals surface area contributed by atoms with Crippen LogP contribution in [0.25, 0.3) is 0 Å². The molecule has 1 amide bonds. The second-order valence-corrected chi connectivity index (χ2v) is 7.13. The van der Waals surface area contributed by atoms with Gasteiger partial charge in [0.05, 0.1) is 7.11 Å². The maximum atomic E-state index is 13.1. The molecule has 0 saturated carbocycles. The Balaban J connectivity index is 1.50. The van der Waals surface area contributed by atoms with Crippen LogP contribution in [0.15, 0.2) is 54.6 Å². The van der Waals surface area contributed by atoms with Crippen molar-refractivity contribution >= 4 is 11.9 Å². The molecule has 1 aliphatic rings. The topological polar surface area (TPSA) is 67.3 Å². The number of methoxy groups -OCH3 is 1. The first kappa shape index (κ1) is 18.9. The maximum absolute atomic E-state index is 13.1. The lowest BCUT2D eigenvalue weighted by molar-refractivity contribution is 0.0728. The van der Waals surface area contributed by atoms with Crippen molar-refractivity contribution in [1.29, 1.82) is 0 Å². The highest BCUT2D eigenvalue weighted by molar-refractivity contribution is 5.92. The summed E-state index contributed by atoms with van der Waals surface area (Å²) >= 11 is 0. The van der Waals surface area contributed by atoms with Crippen LogP contribution in [0.5, 0.6) is 5.75 Å². The third-order valence-electron chi connectivity index (χ3n) is 5.12. The van der Waals surface area contributed by atoms with Gasteiger partial charge in [-0.3, -0.25) is 4.79 Å². The number of rotatable bonds is 5. The molecule has 0 atom stereocenters. The molecule has 3 aromatic rings. The SMILES string of the molecule is COc1ccccc1CNc1nc(C)cc(C(=O)N2CCc3ccccc3C2)n1. The third-order valence-corrected chi connectivity index (χ3v) is 5.12. The second-order valence-electron chi connectivity index (χ2n) is 7.13. The molecule has 1 N–H and O–H groups in total. The lowest BCUT2D eigenvalue weighted by atomic mass is 10.00. The highest BCUT2D eigenvalue weighted by Crippen LogP contribution is 2.21. The van der Waals surface area contributed by atoms with E-state index < -0.39 is 0 Å². The Morgan fingerprint density at radius 2 is 1.86 bits per heavy atom. The van der Waals surface area contributed by atoms with Crippen molar-refractivity contribution in [3.8, 4) is 5.75 Å². The molecule has 29 heavy (non-hydrogen) atoms. The van der Waals surface area contributed by atoms with Gasteiger partial charge in [0, 0.05) is 30.9 Å². The zero-order valence-electron chi connectivity index (χ0n) is 16.7. The van der Waals surface area contributed by atoms with Gasteiger partial charge in [-0.05, 0) is 36.6 Å². The Kier molecular flexibility index (Phi) is 5.42. The van der Waals surface area contributed by atoms with Crippen LogP contribution >= 0.6 is 0 Å². The second kappa shape index (κ2) is 8.31. The fourth-order valence-corrected chi connectivity index (χ4v) is 3.61. The molecule has 0 unspecified atom stereocenters. The summed E-state index contributed by atoms with van der Waals surface area (Å²) in [6.45, 7) is 3.70. The average molecular weight is 388 g/mol. The number of ether oxygens (including phenoxy) is 1. The molecule has 6 nitrogen and oxygen atoms in total. The Labute approximate surface area is 170 Å². The summed E-state index contributed by atoms with van der Waals surface area (Å²) in [5, 5.41) is 3.22. The van der Waals surface area contributed by atoms with E-state index in [1.165, 1.54) is 11.1 Å². The van der Waals surface area contributed by atoms with Crippen LogP contribution in [0.3, 0.4) is 0 Å². The van der Waals surface area contributed by atoms with Crippen molar-refractivity contribution in [3.63, 3.8) is 0 Å². The maximum Gasteiger partial charge on any atom is 0.272 e. The number of aromatic nitrogens is 2. The number of nitrogens with zero attached hydrogens (tertiary/aromatic N) is 3. The monoisotopic (exact) mass is 388 g/mol. The molecule has 1 aromatic heterocycles. The fourth-order valence-electron chi connectivity index (χ4n) is 3.61. The van der Waals surface area contributed by atoms with E-state index in [0.717, 1.165) is 23.4 Å². The Morgan fingerprint density at radius 3 is 2.69 bits per heavy atom. The number of aryl methyl sites for hydroxylation is 1. The first-order valence-electron chi connectivity index (χ1n) is 9.71. The van der Waals surface area contributed by atoms with E-state index in [2.05, 4.69) is 27.4 Å². The molecule has 4 rings (SSSR count). The zero-order valence-corrected chi connectivity index (χ0v) is 16.7. The van der Waals surface area contributed by atoms with E-state index in [0.29, 0.717) is 31.3 Å². The fraction of sp³-hybridized carbons (Fsp3) is 0.261. The smallest absolute Gasteiger partial charge is 0.272 e. The summed E-state index contributed by atoms with van der Waals surface area (Å²) < 4.78 is 5.39. The highest BCUT2D eigenvalue weighted by Gasteiger charge is 2.23. The molecule has 0 fully saturated rings. The van der Waals surface area contributed by atoms with E-state index >= 15 is 0 Å². The molecular formula is C23H24N4O2. The number of hydrogen-bond donors (Lipinski definition) is 1. The lowest BCUT2D eigenvalue weighted by Crippen LogP contribution is -2.36. The summed E-state index contributed by atoms with van der Waals surface area (Å²) in [5.41, 5.74) is 4.69. The van der Waals surface area contributed by atoms with Gasteiger partial charge in [-0.15, -0.1) is 0 Å². The van der Waals surface area contributed by atoms with Gasteiger partial charge in [0.15, 0.2) is 0 Å². The van der Waals surface area contributed by atoms with Crippen LogP contribution in [0.4, 0.5) is 5.95 Å². The number of anilines is 1. The first-order chi connectivity index (χ1) is 14.1. The number of fused-ring (bicyclic) bond motifs is 1. The molecule has 0 radical (unpaired) electrons. The van der Waals surface area contributed by atoms with Crippen molar-refractivity contribution in [2.24, 2.45) is 0 Å². The summed E-state index contributed by atoms with van der Waals surface area (Å²) in [4.78, 5) is 23.8. The van der Waals surface area contributed by atoms with Gasteiger partial charge < -0.3 is 15.0 Å². The highest BCUT2D eigenvalue weighted by atomic mass is 16.5. The number of carbonyl (C=O) groups excluding carboxylic acids is 1. The molecule has 2 aromatic carbocycles. The molecule has 0 spiro atoms. The minimum Gasteiger partial charge on any atom is -0.496 e. The van der Waals surface area contributed by atoms with Gasteiger partial charge >= 0.3 is 0 Å². The Bertz CT molecular complexity index is 1030. The number of carbonyl (C=O) groups is 1. The number of benzene rings is 2. The summed E-state index contributed by atoms with van der Waals surface area (Å²) in [7, 11) is 1.65. The Hall–Kier alpha value is -3.41. The predicted octanol–water partition coefficient (Wildman–Crippen LogP) is 3.60. The van der Waals surface area contributed by atoms with E-state index in [-0.39, 0.29) is 5.91 Å². The number of para-hydroxylation sites is 1. The predicted molar refractivity (Wildman–Crippen MR) is 112 cm³/mol. The van der Waals surface area contributed by atoms with Gasteiger partial charge in [-0.25, -0.2) is 9.97 Å². The van der Waals surface area contributed by atoms with E-state index in [1.807, 2.05) is 48.2 Å². The molecule has 6 heteroatoms. The first-order valence-corrected chi connectivity index (χ1v) is 9.71. The van der Waals surface area contributed by atoms with Gasteiger partial charge in [-0.2, -0.15) is 0 Å². The Morgan fingerprint density at radius 1 is 1.10 bits per heavy atom. The molecular weight excluding hydrogens is 364 g/mol. The quantitative estimate of drug-likeness (QED) is 0.723. The van der Waals surface area contributed by atoms with Crippen molar-refractivity contribution < 1.29 is 9.53 Å². The minimum absolute atomic E-state index is 0.0645. The van der Waals surface area contributed by atoms with Gasteiger partial charge in [-0.1, -0.05) is 42.5 Å². The molecule has 0 aliphatic carbocycles. The van der Waals surface area contributed by atoms with Gasteiger partial charge in [0.1, 0.15) is 11.4 Å². The standard InChI is InChI=1S/C23H24N4O2/c1-16-13-20(22(28)27-12-11-17-7-3-4-9-19(17)15-27)26-23(25-16)24-14-18-8-5-6-10-21(18)29-2/h3-10,13H,11-12,14-15H2,1-2H3,(H,24,25,26). The lowest BCUT2D eigenvalue weighted by Gasteiger charge is -2.28. The van der Waals surface area contributed by atoms with Crippen molar-refractivity contribution in [1.82, 2.24) is 14.9 Å². The van der Waals surface area contributed by atoms with Gasteiger partial charge in [0.2, 0.25) is 5.95 Å². The summed E-state index contributed by atoms with van der Waals surface area (Å²) in [6.07, 6.45) is 0.866.